The molecule has 0 spiro atoms. The van der Waals surface area contributed by atoms with E-state index in [4.69, 9.17) is 10.5 Å². The number of Topliss-reactive ketones (excluding diaryl/α,β-unsaturated/α-hetero) is 1. The average molecular weight is 261 g/mol. The zero-order valence-corrected chi connectivity index (χ0v) is 12.2. The Morgan fingerprint density at radius 3 is 2.11 bits per heavy atom. The summed E-state index contributed by atoms with van der Waals surface area (Å²) in [4.78, 5) is 12.5. The first-order valence-electron chi connectivity index (χ1n) is 6.82. The molecule has 1 aliphatic rings. The molecule has 1 saturated carbocycles. The second kappa shape index (κ2) is 4.64. The summed E-state index contributed by atoms with van der Waals surface area (Å²) < 4.78 is 5.68. The molecular weight excluding hydrogens is 238 g/mol. The molecule has 1 fully saturated rings. The van der Waals surface area contributed by atoms with Gasteiger partial charge in [0.2, 0.25) is 0 Å². The van der Waals surface area contributed by atoms with Gasteiger partial charge in [0.15, 0.2) is 5.78 Å². The van der Waals surface area contributed by atoms with Crippen LogP contribution >= 0.6 is 0 Å². The fourth-order valence-electron chi connectivity index (χ4n) is 1.72. The zero-order chi connectivity index (χ0) is 14.3. The van der Waals surface area contributed by atoms with Gasteiger partial charge in [0.1, 0.15) is 5.75 Å². The van der Waals surface area contributed by atoms with Crippen molar-refractivity contribution in [3.63, 3.8) is 0 Å². The molecule has 3 nitrogen and oxygen atoms in total. The summed E-state index contributed by atoms with van der Waals surface area (Å²) in [5, 5.41) is 0. The van der Waals surface area contributed by atoms with Crippen molar-refractivity contribution in [1.82, 2.24) is 0 Å². The van der Waals surface area contributed by atoms with Gasteiger partial charge >= 0.3 is 0 Å². The number of ether oxygens (including phenoxy) is 1. The van der Waals surface area contributed by atoms with Crippen molar-refractivity contribution in [2.45, 2.75) is 52.2 Å². The normalized spacial score (nSPS) is 16.3. The van der Waals surface area contributed by atoms with Crippen molar-refractivity contribution in [3.05, 3.63) is 29.8 Å². The summed E-state index contributed by atoms with van der Waals surface area (Å²) in [7, 11) is 0. The van der Waals surface area contributed by atoms with Crippen LogP contribution in [-0.2, 0) is 0 Å². The van der Waals surface area contributed by atoms with E-state index < -0.39 is 11.0 Å². The monoisotopic (exact) mass is 261 g/mol. The van der Waals surface area contributed by atoms with Crippen molar-refractivity contribution in [3.8, 4) is 5.75 Å². The molecule has 0 atom stereocenters. The standard InChI is InChI=1S/C16H23NO2/c1-15(2,16(3,4)17)14(18)11-5-7-12(8-6-11)19-13-9-10-13/h5-8,13H,9-10,17H2,1-4H3. The van der Waals surface area contributed by atoms with E-state index in [1.807, 2.05) is 52.0 Å². The number of hydrogen-bond acceptors (Lipinski definition) is 3. The average Bonchev–Trinajstić information content (AvgIpc) is 3.11. The Hall–Kier alpha value is -1.35. The molecule has 0 saturated heterocycles. The molecule has 0 aromatic heterocycles. The molecule has 1 aromatic carbocycles. The lowest BCUT2D eigenvalue weighted by Crippen LogP contribution is -2.51. The second-order valence-electron chi connectivity index (χ2n) is 6.52. The summed E-state index contributed by atoms with van der Waals surface area (Å²) in [6.07, 6.45) is 2.64. The van der Waals surface area contributed by atoms with Crippen molar-refractivity contribution in [2.24, 2.45) is 11.1 Å². The molecule has 1 aromatic rings. The molecular formula is C16H23NO2. The number of benzene rings is 1. The Kier molecular flexibility index (Phi) is 3.43. The Labute approximate surface area is 115 Å². The zero-order valence-electron chi connectivity index (χ0n) is 12.2. The fraction of sp³-hybridized carbons (Fsp3) is 0.562. The molecule has 2 N–H and O–H groups in total. The van der Waals surface area contributed by atoms with Crippen LogP contribution in [0.1, 0.15) is 50.9 Å². The first-order chi connectivity index (χ1) is 8.72. The van der Waals surface area contributed by atoms with E-state index in [1.165, 1.54) is 0 Å². The van der Waals surface area contributed by atoms with Crippen LogP contribution in [-0.4, -0.2) is 17.4 Å². The van der Waals surface area contributed by atoms with E-state index in [2.05, 4.69) is 0 Å². The highest BCUT2D eigenvalue weighted by atomic mass is 16.5. The molecule has 3 heteroatoms. The molecule has 2 rings (SSSR count). The van der Waals surface area contributed by atoms with Crippen LogP contribution in [0.25, 0.3) is 0 Å². The van der Waals surface area contributed by atoms with Gasteiger partial charge < -0.3 is 10.5 Å². The van der Waals surface area contributed by atoms with Crippen molar-refractivity contribution >= 4 is 5.78 Å². The van der Waals surface area contributed by atoms with Crippen LogP contribution in [0.2, 0.25) is 0 Å². The summed E-state index contributed by atoms with van der Waals surface area (Å²) in [5.41, 5.74) is 5.63. The van der Waals surface area contributed by atoms with Gasteiger partial charge in [0.05, 0.1) is 6.10 Å². The number of carbonyl (C=O) groups excluding carboxylic acids is 1. The van der Waals surface area contributed by atoms with Crippen LogP contribution in [0.4, 0.5) is 0 Å². The van der Waals surface area contributed by atoms with E-state index in [-0.39, 0.29) is 5.78 Å². The minimum atomic E-state index is -0.605. The Morgan fingerprint density at radius 1 is 1.16 bits per heavy atom. The molecule has 0 heterocycles. The molecule has 0 aliphatic heterocycles. The Balaban J connectivity index is 2.14. The van der Waals surface area contributed by atoms with Crippen LogP contribution in [0.15, 0.2) is 24.3 Å². The van der Waals surface area contributed by atoms with Gasteiger partial charge in [-0.25, -0.2) is 0 Å². The highest BCUT2D eigenvalue weighted by Crippen LogP contribution is 2.33. The van der Waals surface area contributed by atoms with E-state index in [0.717, 1.165) is 18.6 Å². The summed E-state index contributed by atoms with van der Waals surface area (Å²) >= 11 is 0. The van der Waals surface area contributed by atoms with Gasteiger partial charge in [-0.1, -0.05) is 13.8 Å². The minimum Gasteiger partial charge on any atom is -0.490 e. The SMILES string of the molecule is CC(C)(N)C(C)(C)C(=O)c1ccc(OC2CC2)cc1. The van der Waals surface area contributed by atoms with Crippen LogP contribution in [0, 0.1) is 5.41 Å². The van der Waals surface area contributed by atoms with Gasteiger partial charge in [0, 0.05) is 16.5 Å². The lowest BCUT2D eigenvalue weighted by atomic mass is 9.70. The van der Waals surface area contributed by atoms with Crippen molar-refractivity contribution < 1.29 is 9.53 Å². The maximum Gasteiger partial charge on any atom is 0.170 e. The van der Waals surface area contributed by atoms with Gasteiger partial charge in [-0.15, -0.1) is 0 Å². The predicted molar refractivity (Wildman–Crippen MR) is 76.5 cm³/mol. The highest BCUT2D eigenvalue weighted by Gasteiger charge is 2.40. The molecule has 104 valence electrons. The van der Waals surface area contributed by atoms with Gasteiger partial charge in [0.25, 0.3) is 0 Å². The van der Waals surface area contributed by atoms with E-state index in [9.17, 15) is 4.79 Å². The Bertz CT molecular complexity index is 465. The van der Waals surface area contributed by atoms with E-state index in [0.29, 0.717) is 11.7 Å². The number of ketones is 1. The summed E-state index contributed by atoms with van der Waals surface area (Å²) in [6.45, 7) is 7.55. The number of hydrogen-bond donors (Lipinski definition) is 1. The lowest BCUT2D eigenvalue weighted by Gasteiger charge is -2.37. The lowest BCUT2D eigenvalue weighted by molar-refractivity contribution is 0.0735. The third kappa shape index (κ3) is 2.98. The number of nitrogens with two attached hydrogens (primary N) is 1. The summed E-state index contributed by atoms with van der Waals surface area (Å²) in [6, 6.07) is 7.39. The van der Waals surface area contributed by atoms with E-state index in [1.54, 1.807) is 0 Å². The highest BCUT2D eigenvalue weighted by molar-refractivity contribution is 6.01. The second-order valence-corrected chi connectivity index (χ2v) is 6.52. The maximum atomic E-state index is 12.5. The van der Waals surface area contributed by atoms with Crippen molar-refractivity contribution in [1.29, 1.82) is 0 Å². The third-order valence-electron chi connectivity index (χ3n) is 4.12. The van der Waals surface area contributed by atoms with Gasteiger partial charge in [-0.3, -0.25) is 4.79 Å². The fourth-order valence-corrected chi connectivity index (χ4v) is 1.72. The minimum absolute atomic E-state index is 0.0676. The largest absolute Gasteiger partial charge is 0.490 e. The van der Waals surface area contributed by atoms with Gasteiger partial charge in [-0.05, 0) is 51.0 Å². The molecule has 19 heavy (non-hydrogen) atoms. The number of carbonyl (C=O) groups is 1. The molecule has 0 amide bonds. The quantitative estimate of drug-likeness (QED) is 0.828. The maximum absolute atomic E-state index is 12.5. The smallest absolute Gasteiger partial charge is 0.170 e. The van der Waals surface area contributed by atoms with Crippen LogP contribution in [0.3, 0.4) is 0 Å². The van der Waals surface area contributed by atoms with Crippen molar-refractivity contribution in [2.75, 3.05) is 0 Å². The topological polar surface area (TPSA) is 52.3 Å². The Morgan fingerprint density at radius 2 is 1.68 bits per heavy atom. The molecule has 0 radical (unpaired) electrons. The van der Waals surface area contributed by atoms with E-state index >= 15 is 0 Å². The molecule has 1 aliphatic carbocycles. The predicted octanol–water partition coefficient (Wildman–Crippen LogP) is 3.17. The molecule has 0 unspecified atom stereocenters. The first kappa shape index (κ1) is 14.1. The molecule has 0 bridgehead atoms. The summed E-state index contributed by atoms with van der Waals surface area (Å²) in [5.74, 6) is 0.904. The van der Waals surface area contributed by atoms with Crippen LogP contribution < -0.4 is 10.5 Å². The third-order valence-corrected chi connectivity index (χ3v) is 4.12. The number of rotatable bonds is 5. The van der Waals surface area contributed by atoms with Gasteiger partial charge in [-0.2, -0.15) is 0 Å². The first-order valence-corrected chi connectivity index (χ1v) is 6.82. The van der Waals surface area contributed by atoms with Crippen LogP contribution in [0.5, 0.6) is 5.75 Å².